The van der Waals surface area contributed by atoms with Gasteiger partial charge in [-0.3, -0.25) is 9.88 Å². The van der Waals surface area contributed by atoms with E-state index in [0.717, 1.165) is 54.6 Å². The van der Waals surface area contributed by atoms with Crippen molar-refractivity contribution in [3.8, 4) is 5.75 Å². The molecular formula is C18H23N3O2. The van der Waals surface area contributed by atoms with Gasteiger partial charge in [-0.05, 0) is 37.1 Å². The lowest BCUT2D eigenvalue weighted by Gasteiger charge is -2.37. The van der Waals surface area contributed by atoms with Crippen molar-refractivity contribution in [1.82, 2.24) is 9.88 Å². The highest BCUT2D eigenvalue weighted by Gasteiger charge is 2.22. The highest BCUT2D eigenvalue weighted by atomic mass is 16.5. The van der Waals surface area contributed by atoms with E-state index < -0.39 is 0 Å². The Morgan fingerprint density at radius 2 is 2.13 bits per heavy atom. The molecule has 23 heavy (non-hydrogen) atoms. The van der Waals surface area contributed by atoms with Crippen molar-refractivity contribution in [3.05, 3.63) is 30.5 Å². The number of carbonyl (C=O) groups excluding carboxylic acids is 1. The number of benzene rings is 1. The minimum absolute atomic E-state index is 0.489. The summed E-state index contributed by atoms with van der Waals surface area (Å²) in [5.74, 6) is 0.848. The van der Waals surface area contributed by atoms with E-state index in [0.29, 0.717) is 12.6 Å². The van der Waals surface area contributed by atoms with Crippen LogP contribution in [0.1, 0.15) is 12.8 Å². The molecule has 3 rings (SSSR count). The lowest BCUT2D eigenvalue weighted by molar-refractivity contribution is -0.109. The summed E-state index contributed by atoms with van der Waals surface area (Å²) in [6.07, 6.45) is 5.07. The summed E-state index contributed by atoms with van der Waals surface area (Å²) in [7, 11) is 3.81. The first-order valence-electron chi connectivity index (χ1n) is 8.04. The first-order chi connectivity index (χ1) is 11.2. The van der Waals surface area contributed by atoms with Crippen molar-refractivity contribution in [1.29, 1.82) is 0 Å². The third kappa shape index (κ3) is 3.45. The van der Waals surface area contributed by atoms with Crippen LogP contribution in [0.15, 0.2) is 30.5 Å². The van der Waals surface area contributed by atoms with Crippen LogP contribution in [0.25, 0.3) is 10.9 Å². The predicted molar refractivity (Wildman–Crippen MR) is 92.2 cm³/mol. The Kier molecular flexibility index (Phi) is 4.76. The fourth-order valence-electron chi connectivity index (χ4n) is 3.22. The number of anilines is 1. The Balaban J connectivity index is 1.75. The number of carbonyl (C=O) groups is 1. The third-order valence-corrected chi connectivity index (χ3v) is 4.72. The van der Waals surface area contributed by atoms with Crippen molar-refractivity contribution in [2.75, 3.05) is 38.7 Å². The maximum absolute atomic E-state index is 10.6. The minimum Gasteiger partial charge on any atom is -0.497 e. The number of nitrogens with zero attached hydrogens (tertiary/aromatic N) is 3. The molecule has 0 bridgehead atoms. The van der Waals surface area contributed by atoms with Gasteiger partial charge in [0, 0.05) is 31.6 Å². The fourth-order valence-corrected chi connectivity index (χ4v) is 3.22. The molecule has 1 saturated heterocycles. The van der Waals surface area contributed by atoms with Crippen LogP contribution in [0.3, 0.4) is 0 Å². The second-order valence-corrected chi connectivity index (χ2v) is 6.06. The molecule has 0 unspecified atom stereocenters. The fraction of sp³-hybridized carbons (Fsp3) is 0.444. The number of piperidine rings is 1. The zero-order chi connectivity index (χ0) is 16.2. The van der Waals surface area contributed by atoms with Gasteiger partial charge < -0.3 is 14.4 Å². The number of hydrogen-bond acceptors (Lipinski definition) is 5. The van der Waals surface area contributed by atoms with Gasteiger partial charge in [-0.1, -0.05) is 0 Å². The molecule has 0 N–H and O–H groups in total. The highest BCUT2D eigenvalue weighted by molar-refractivity contribution is 5.83. The smallest absolute Gasteiger partial charge is 0.133 e. The van der Waals surface area contributed by atoms with Crippen LogP contribution in [-0.2, 0) is 4.79 Å². The summed E-state index contributed by atoms with van der Waals surface area (Å²) in [4.78, 5) is 19.7. The van der Waals surface area contributed by atoms with Gasteiger partial charge in [0.25, 0.3) is 0 Å². The normalized spacial score (nSPS) is 16.4. The number of aldehydes is 1. The van der Waals surface area contributed by atoms with Gasteiger partial charge in [0.1, 0.15) is 12.0 Å². The van der Waals surface area contributed by atoms with Crippen LogP contribution >= 0.6 is 0 Å². The van der Waals surface area contributed by atoms with Crippen molar-refractivity contribution >= 4 is 22.9 Å². The second-order valence-electron chi connectivity index (χ2n) is 6.06. The molecular weight excluding hydrogens is 290 g/mol. The Labute approximate surface area is 136 Å². The highest BCUT2D eigenvalue weighted by Crippen LogP contribution is 2.26. The largest absolute Gasteiger partial charge is 0.497 e. The topological polar surface area (TPSA) is 45.7 Å². The zero-order valence-electron chi connectivity index (χ0n) is 13.7. The monoisotopic (exact) mass is 313 g/mol. The lowest BCUT2D eigenvalue weighted by atomic mass is 10.0. The summed E-state index contributed by atoms with van der Waals surface area (Å²) >= 11 is 0. The number of aromatic nitrogens is 1. The molecule has 5 heteroatoms. The minimum atomic E-state index is 0.489. The maximum Gasteiger partial charge on any atom is 0.133 e. The molecule has 122 valence electrons. The van der Waals surface area contributed by atoms with Gasteiger partial charge in [0.15, 0.2) is 0 Å². The SMILES string of the molecule is COc1ccc2ncc(N(C)C3CCN(CC=O)CC3)cc2c1. The molecule has 5 nitrogen and oxygen atoms in total. The van der Waals surface area contributed by atoms with Crippen LogP contribution in [-0.4, -0.2) is 56.0 Å². The van der Waals surface area contributed by atoms with Gasteiger partial charge in [0.05, 0.1) is 31.1 Å². The molecule has 1 aliphatic heterocycles. The van der Waals surface area contributed by atoms with Crippen molar-refractivity contribution in [3.63, 3.8) is 0 Å². The number of pyridine rings is 1. The van der Waals surface area contributed by atoms with E-state index in [1.165, 1.54) is 0 Å². The molecule has 1 aromatic heterocycles. The van der Waals surface area contributed by atoms with Gasteiger partial charge in [-0.15, -0.1) is 0 Å². The summed E-state index contributed by atoms with van der Waals surface area (Å²) in [5.41, 5.74) is 2.10. The van der Waals surface area contributed by atoms with Crippen LogP contribution in [0.4, 0.5) is 5.69 Å². The van der Waals surface area contributed by atoms with Crippen molar-refractivity contribution in [2.24, 2.45) is 0 Å². The molecule has 0 aliphatic carbocycles. The van der Waals surface area contributed by atoms with E-state index in [2.05, 4.69) is 27.9 Å². The molecule has 0 atom stereocenters. The molecule has 2 aromatic rings. The van der Waals surface area contributed by atoms with Crippen molar-refractivity contribution in [2.45, 2.75) is 18.9 Å². The average Bonchev–Trinajstić information content (AvgIpc) is 2.61. The van der Waals surface area contributed by atoms with Gasteiger partial charge in [0.2, 0.25) is 0 Å². The number of ether oxygens (including phenoxy) is 1. The Morgan fingerprint density at radius 1 is 1.35 bits per heavy atom. The van der Waals surface area contributed by atoms with E-state index in [9.17, 15) is 4.79 Å². The van der Waals surface area contributed by atoms with Crippen LogP contribution in [0, 0.1) is 0 Å². The van der Waals surface area contributed by atoms with Crippen LogP contribution < -0.4 is 9.64 Å². The molecule has 0 saturated carbocycles. The number of rotatable bonds is 5. The molecule has 0 radical (unpaired) electrons. The first-order valence-corrected chi connectivity index (χ1v) is 8.04. The van der Waals surface area contributed by atoms with Crippen LogP contribution in [0.5, 0.6) is 5.75 Å². The van der Waals surface area contributed by atoms with E-state index in [-0.39, 0.29) is 0 Å². The standard InChI is InChI=1S/C18H23N3O2/c1-20(15-5-7-21(8-6-15)9-10-22)16-11-14-12-17(23-2)3-4-18(14)19-13-16/h3-4,10-13,15H,5-9H2,1-2H3. The average molecular weight is 313 g/mol. The molecule has 1 aromatic carbocycles. The van der Waals surface area contributed by atoms with Crippen LogP contribution in [0.2, 0.25) is 0 Å². The molecule has 1 fully saturated rings. The summed E-state index contributed by atoms with van der Waals surface area (Å²) in [6, 6.07) is 8.59. The zero-order valence-corrected chi connectivity index (χ0v) is 13.7. The molecule has 1 aliphatic rings. The van der Waals surface area contributed by atoms with E-state index in [4.69, 9.17) is 4.74 Å². The van der Waals surface area contributed by atoms with Gasteiger partial charge in [-0.25, -0.2) is 0 Å². The molecule has 0 spiro atoms. The Morgan fingerprint density at radius 3 is 2.83 bits per heavy atom. The first kappa shape index (κ1) is 15.7. The summed E-state index contributed by atoms with van der Waals surface area (Å²) in [6.45, 7) is 2.50. The maximum atomic E-state index is 10.6. The molecule has 2 heterocycles. The predicted octanol–water partition coefficient (Wildman–Crippen LogP) is 2.34. The van der Waals surface area contributed by atoms with E-state index >= 15 is 0 Å². The summed E-state index contributed by atoms with van der Waals surface area (Å²) in [5, 5.41) is 1.09. The Hall–Kier alpha value is -2.14. The quantitative estimate of drug-likeness (QED) is 0.793. The molecule has 0 amide bonds. The lowest BCUT2D eigenvalue weighted by Crippen LogP contribution is -2.44. The van der Waals surface area contributed by atoms with Gasteiger partial charge in [-0.2, -0.15) is 0 Å². The Bertz CT molecular complexity index is 681. The third-order valence-electron chi connectivity index (χ3n) is 4.72. The number of fused-ring (bicyclic) bond motifs is 1. The number of hydrogen-bond donors (Lipinski definition) is 0. The van der Waals surface area contributed by atoms with Crippen molar-refractivity contribution < 1.29 is 9.53 Å². The van der Waals surface area contributed by atoms with E-state index in [1.807, 2.05) is 24.4 Å². The second kappa shape index (κ2) is 6.96. The summed E-state index contributed by atoms with van der Waals surface area (Å²) < 4.78 is 5.30. The van der Waals surface area contributed by atoms with E-state index in [1.54, 1.807) is 7.11 Å². The number of likely N-dealkylation sites (tertiary alicyclic amines) is 1. The number of methoxy groups -OCH3 is 1. The van der Waals surface area contributed by atoms with Gasteiger partial charge >= 0.3 is 0 Å².